The van der Waals surface area contributed by atoms with E-state index in [1.165, 1.54) is 6.07 Å². The summed E-state index contributed by atoms with van der Waals surface area (Å²) in [5, 5.41) is 7.14. The van der Waals surface area contributed by atoms with Crippen LogP contribution in [0.25, 0.3) is 0 Å². The Morgan fingerprint density at radius 2 is 2.21 bits per heavy atom. The van der Waals surface area contributed by atoms with Crippen LogP contribution >= 0.6 is 11.6 Å². The highest BCUT2D eigenvalue weighted by molar-refractivity contribution is 6.32. The molecule has 28 heavy (non-hydrogen) atoms. The number of pyridine rings is 1. The molecular formula is C19H22ClF2N5O. The molecule has 6 nitrogen and oxygen atoms in total. The van der Waals surface area contributed by atoms with E-state index < -0.39 is 11.6 Å². The van der Waals surface area contributed by atoms with Gasteiger partial charge < -0.3 is 20.3 Å². The van der Waals surface area contributed by atoms with Crippen molar-refractivity contribution in [2.24, 2.45) is 4.99 Å². The summed E-state index contributed by atoms with van der Waals surface area (Å²) in [7, 11) is 1.69. The molecule has 1 aliphatic heterocycles. The molecule has 3 rings (SSSR count). The normalized spacial score (nSPS) is 16.9. The maximum absolute atomic E-state index is 13.2. The Labute approximate surface area is 167 Å². The average Bonchev–Trinajstić information content (AvgIpc) is 3.15. The van der Waals surface area contributed by atoms with E-state index in [2.05, 4.69) is 25.5 Å². The highest BCUT2D eigenvalue weighted by atomic mass is 35.5. The minimum absolute atomic E-state index is 0.205. The van der Waals surface area contributed by atoms with Gasteiger partial charge in [0.25, 0.3) is 0 Å². The lowest BCUT2D eigenvalue weighted by Gasteiger charge is -2.20. The Bertz CT molecular complexity index is 836. The molecule has 1 aromatic heterocycles. The number of aliphatic imine (C=N–C) groups is 1. The van der Waals surface area contributed by atoms with Crippen LogP contribution < -0.4 is 20.3 Å². The fourth-order valence-electron chi connectivity index (χ4n) is 2.97. The summed E-state index contributed by atoms with van der Waals surface area (Å²) < 4.78 is 31.5. The molecule has 150 valence electrons. The second kappa shape index (κ2) is 9.54. The Morgan fingerprint density at radius 3 is 2.96 bits per heavy atom. The molecule has 0 amide bonds. The minimum atomic E-state index is -0.929. The van der Waals surface area contributed by atoms with Crippen LogP contribution in [-0.2, 0) is 0 Å². The van der Waals surface area contributed by atoms with Crippen molar-refractivity contribution in [1.82, 2.24) is 15.6 Å². The van der Waals surface area contributed by atoms with E-state index in [4.69, 9.17) is 16.3 Å². The van der Waals surface area contributed by atoms with E-state index >= 15 is 0 Å². The van der Waals surface area contributed by atoms with Crippen LogP contribution in [0.15, 0.2) is 41.5 Å². The number of hydrogen-bond donors (Lipinski definition) is 2. The fraction of sp³-hybridized carbons (Fsp3) is 0.368. The largest absolute Gasteiger partial charge is 0.492 e. The first-order valence-electron chi connectivity index (χ1n) is 8.97. The summed E-state index contributed by atoms with van der Waals surface area (Å²) >= 11 is 6.22. The summed E-state index contributed by atoms with van der Waals surface area (Å²) in [6.07, 6.45) is 2.66. The van der Waals surface area contributed by atoms with Gasteiger partial charge in [-0.05, 0) is 30.7 Å². The molecule has 0 bridgehead atoms. The average molecular weight is 410 g/mol. The molecule has 1 aliphatic rings. The van der Waals surface area contributed by atoms with Crippen molar-refractivity contribution in [1.29, 1.82) is 0 Å². The quantitative estimate of drug-likeness (QED) is 0.436. The van der Waals surface area contributed by atoms with Gasteiger partial charge in [0, 0.05) is 38.4 Å². The molecule has 1 saturated heterocycles. The predicted octanol–water partition coefficient (Wildman–Crippen LogP) is 2.84. The van der Waals surface area contributed by atoms with Crippen molar-refractivity contribution in [3.63, 3.8) is 0 Å². The van der Waals surface area contributed by atoms with E-state index in [-0.39, 0.29) is 18.4 Å². The Balaban J connectivity index is 1.42. The van der Waals surface area contributed by atoms with E-state index in [1.807, 2.05) is 12.1 Å². The molecule has 0 spiro atoms. The zero-order valence-electron chi connectivity index (χ0n) is 15.5. The van der Waals surface area contributed by atoms with Crippen molar-refractivity contribution >= 4 is 23.4 Å². The standard InChI is InChI=1S/C19H22ClF2N5O/c1-23-19(25-8-10-28-14-4-5-16(21)17(22)11-14)26-13-6-9-27(12-13)18-15(20)3-2-7-24-18/h2-5,7,11,13H,6,8-10,12H2,1H3,(H2,23,25,26). The third kappa shape index (κ3) is 5.22. The molecule has 0 radical (unpaired) electrons. The van der Waals surface area contributed by atoms with Gasteiger partial charge in [0.15, 0.2) is 17.6 Å². The summed E-state index contributed by atoms with van der Waals surface area (Å²) in [6, 6.07) is 7.30. The number of rotatable bonds is 6. The summed E-state index contributed by atoms with van der Waals surface area (Å²) in [6.45, 7) is 2.36. The number of halogens is 3. The SMILES string of the molecule is CN=C(NCCOc1ccc(F)c(F)c1)NC1CCN(c2ncccc2Cl)C1. The smallest absolute Gasteiger partial charge is 0.191 e. The molecule has 2 N–H and O–H groups in total. The van der Waals surface area contributed by atoms with Crippen LogP contribution in [0, 0.1) is 11.6 Å². The number of ether oxygens (including phenoxy) is 1. The maximum Gasteiger partial charge on any atom is 0.191 e. The van der Waals surface area contributed by atoms with Gasteiger partial charge in [0.05, 0.1) is 11.6 Å². The fourth-order valence-corrected chi connectivity index (χ4v) is 3.21. The topological polar surface area (TPSA) is 61.8 Å². The number of anilines is 1. The molecule has 9 heteroatoms. The number of hydrogen-bond acceptors (Lipinski definition) is 4. The van der Waals surface area contributed by atoms with Gasteiger partial charge in [-0.15, -0.1) is 0 Å². The second-order valence-electron chi connectivity index (χ2n) is 6.31. The lowest BCUT2D eigenvalue weighted by atomic mass is 10.3. The molecule has 1 aromatic carbocycles. The van der Waals surface area contributed by atoms with Crippen molar-refractivity contribution in [2.45, 2.75) is 12.5 Å². The second-order valence-corrected chi connectivity index (χ2v) is 6.72. The van der Waals surface area contributed by atoms with Crippen molar-refractivity contribution in [3.8, 4) is 5.75 Å². The van der Waals surface area contributed by atoms with Gasteiger partial charge >= 0.3 is 0 Å². The molecule has 1 atom stereocenters. The first-order valence-corrected chi connectivity index (χ1v) is 9.35. The van der Waals surface area contributed by atoms with Gasteiger partial charge in [-0.1, -0.05) is 11.6 Å². The number of benzene rings is 1. The molecule has 1 unspecified atom stereocenters. The molecular weight excluding hydrogens is 388 g/mol. The number of guanidine groups is 1. The molecule has 2 heterocycles. The third-order valence-electron chi connectivity index (χ3n) is 4.35. The number of nitrogens with one attached hydrogen (secondary N) is 2. The van der Waals surface area contributed by atoms with Crippen LogP contribution in [-0.4, -0.2) is 50.3 Å². The van der Waals surface area contributed by atoms with Crippen LogP contribution in [0.2, 0.25) is 5.02 Å². The monoisotopic (exact) mass is 409 g/mol. The number of aromatic nitrogens is 1. The van der Waals surface area contributed by atoms with E-state index in [1.54, 1.807) is 13.2 Å². The van der Waals surface area contributed by atoms with Crippen LogP contribution in [0.1, 0.15) is 6.42 Å². The van der Waals surface area contributed by atoms with Crippen LogP contribution in [0.5, 0.6) is 5.75 Å². The van der Waals surface area contributed by atoms with E-state index in [0.717, 1.165) is 37.5 Å². The van der Waals surface area contributed by atoms with Crippen LogP contribution in [0.4, 0.5) is 14.6 Å². The van der Waals surface area contributed by atoms with Gasteiger partial charge in [-0.2, -0.15) is 0 Å². The lowest BCUT2D eigenvalue weighted by molar-refractivity contribution is 0.318. The minimum Gasteiger partial charge on any atom is -0.492 e. The van der Waals surface area contributed by atoms with Gasteiger partial charge in [-0.25, -0.2) is 13.8 Å². The molecule has 1 fully saturated rings. The Hall–Kier alpha value is -2.61. The molecule has 2 aromatic rings. The van der Waals surface area contributed by atoms with E-state index in [0.29, 0.717) is 17.5 Å². The van der Waals surface area contributed by atoms with Gasteiger partial charge in [0.1, 0.15) is 18.2 Å². The Morgan fingerprint density at radius 1 is 1.36 bits per heavy atom. The summed E-state index contributed by atoms with van der Waals surface area (Å²) in [4.78, 5) is 10.7. The van der Waals surface area contributed by atoms with Gasteiger partial charge in [-0.3, -0.25) is 4.99 Å². The van der Waals surface area contributed by atoms with Crippen molar-refractivity contribution in [2.75, 3.05) is 38.2 Å². The molecule has 0 aliphatic carbocycles. The highest BCUT2D eigenvalue weighted by Crippen LogP contribution is 2.25. The molecule has 0 saturated carbocycles. The Kier molecular flexibility index (Phi) is 6.86. The van der Waals surface area contributed by atoms with Crippen molar-refractivity contribution < 1.29 is 13.5 Å². The third-order valence-corrected chi connectivity index (χ3v) is 4.64. The lowest BCUT2D eigenvalue weighted by Crippen LogP contribution is -2.45. The first-order chi connectivity index (χ1) is 13.6. The predicted molar refractivity (Wildman–Crippen MR) is 106 cm³/mol. The zero-order valence-corrected chi connectivity index (χ0v) is 16.2. The highest BCUT2D eigenvalue weighted by Gasteiger charge is 2.25. The maximum atomic E-state index is 13.2. The van der Waals surface area contributed by atoms with E-state index in [9.17, 15) is 8.78 Å². The zero-order chi connectivity index (χ0) is 19.9. The number of nitrogens with zero attached hydrogens (tertiary/aromatic N) is 3. The summed E-state index contributed by atoms with van der Waals surface area (Å²) in [5.74, 6) is -0.110. The van der Waals surface area contributed by atoms with Gasteiger partial charge in [0.2, 0.25) is 0 Å². The van der Waals surface area contributed by atoms with Crippen LogP contribution in [0.3, 0.4) is 0 Å². The first kappa shape index (κ1) is 20.1. The van der Waals surface area contributed by atoms with Crippen molar-refractivity contribution in [3.05, 3.63) is 53.2 Å². The summed E-state index contributed by atoms with van der Waals surface area (Å²) in [5.41, 5.74) is 0.